The maximum atomic E-state index is 15.2. The number of carbonyl (C=O) groups excluding carboxylic acids is 1. The van der Waals surface area contributed by atoms with Crippen LogP contribution >= 0.6 is 22.9 Å². The third-order valence-corrected chi connectivity index (χ3v) is 8.34. The Morgan fingerprint density at radius 1 is 1.14 bits per heavy atom. The first-order chi connectivity index (χ1) is 17.4. The predicted molar refractivity (Wildman–Crippen MR) is 138 cm³/mol. The van der Waals surface area contributed by atoms with Crippen molar-refractivity contribution >= 4 is 55.9 Å². The van der Waals surface area contributed by atoms with E-state index in [1.54, 1.807) is 4.57 Å². The van der Waals surface area contributed by atoms with E-state index in [1.165, 1.54) is 30.2 Å². The highest BCUT2D eigenvalue weighted by Gasteiger charge is 2.33. The number of imidazole rings is 1. The second kappa shape index (κ2) is 9.14. The van der Waals surface area contributed by atoms with E-state index >= 15 is 4.39 Å². The Labute approximate surface area is 215 Å². The number of likely N-dealkylation sites (tertiary alicyclic amines) is 1. The van der Waals surface area contributed by atoms with E-state index < -0.39 is 11.8 Å². The van der Waals surface area contributed by atoms with E-state index in [2.05, 4.69) is 15.2 Å². The van der Waals surface area contributed by atoms with Crippen LogP contribution < -0.4 is 5.32 Å². The summed E-state index contributed by atoms with van der Waals surface area (Å²) >= 11 is 7.65. The van der Waals surface area contributed by atoms with Gasteiger partial charge in [-0.3, -0.25) is 4.79 Å². The van der Waals surface area contributed by atoms with Gasteiger partial charge in [0, 0.05) is 39.8 Å². The Bertz CT molecular complexity index is 1500. The number of carboxylic acids is 1. The highest BCUT2D eigenvalue weighted by molar-refractivity contribution is 7.19. The number of carbonyl (C=O) groups is 2. The van der Waals surface area contributed by atoms with Gasteiger partial charge in [-0.05, 0) is 61.4 Å². The lowest BCUT2D eigenvalue weighted by Gasteiger charge is -2.32. The monoisotopic (exact) mass is 526 g/mol. The number of carboxylic acid groups (broad SMARTS) is 1. The first kappa shape index (κ1) is 23.4. The molecular weight excluding hydrogens is 503 g/mol. The molecule has 0 bridgehead atoms. The van der Waals surface area contributed by atoms with Crippen LogP contribution in [0.3, 0.4) is 0 Å². The van der Waals surface area contributed by atoms with Crippen molar-refractivity contribution < 1.29 is 19.1 Å². The van der Waals surface area contributed by atoms with Crippen LogP contribution in [-0.4, -0.2) is 56.6 Å². The van der Waals surface area contributed by atoms with Gasteiger partial charge >= 0.3 is 5.97 Å². The number of benzene rings is 2. The van der Waals surface area contributed by atoms with Crippen molar-refractivity contribution in [1.29, 1.82) is 0 Å². The van der Waals surface area contributed by atoms with Crippen molar-refractivity contribution in [2.45, 2.75) is 44.3 Å². The zero-order valence-corrected chi connectivity index (χ0v) is 20.9. The van der Waals surface area contributed by atoms with Crippen LogP contribution in [0.15, 0.2) is 36.4 Å². The highest BCUT2D eigenvalue weighted by Crippen LogP contribution is 2.32. The lowest BCUT2D eigenvalue weighted by Crippen LogP contribution is -2.45. The molecular formula is C26H24ClFN4O3S. The molecule has 6 rings (SSSR count). The molecule has 4 aromatic rings. The Morgan fingerprint density at radius 3 is 2.64 bits per heavy atom. The summed E-state index contributed by atoms with van der Waals surface area (Å²) < 4.78 is 17.8. The van der Waals surface area contributed by atoms with Crippen LogP contribution in [0.4, 0.5) is 4.39 Å². The minimum Gasteiger partial charge on any atom is -0.478 e. The first-order valence-electron chi connectivity index (χ1n) is 12.0. The van der Waals surface area contributed by atoms with Crippen molar-refractivity contribution in [3.63, 3.8) is 0 Å². The second-order valence-electron chi connectivity index (χ2n) is 9.56. The molecule has 1 aliphatic heterocycles. The van der Waals surface area contributed by atoms with Gasteiger partial charge in [-0.2, -0.15) is 0 Å². The van der Waals surface area contributed by atoms with Gasteiger partial charge in [-0.15, -0.1) is 11.3 Å². The smallest absolute Gasteiger partial charge is 0.335 e. The van der Waals surface area contributed by atoms with Gasteiger partial charge in [0.05, 0.1) is 17.6 Å². The summed E-state index contributed by atoms with van der Waals surface area (Å²) in [5, 5.41) is 14.1. The van der Waals surface area contributed by atoms with Crippen molar-refractivity contribution in [3.8, 4) is 0 Å². The van der Waals surface area contributed by atoms with Crippen LogP contribution in [0.25, 0.3) is 21.1 Å². The van der Waals surface area contributed by atoms with Crippen molar-refractivity contribution in [2.24, 2.45) is 0 Å². The number of piperidine rings is 1. The maximum Gasteiger partial charge on any atom is 0.335 e. The van der Waals surface area contributed by atoms with Gasteiger partial charge in [0.2, 0.25) is 0 Å². The molecule has 7 nitrogen and oxygen atoms in total. The number of hydrogen-bond donors (Lipinski definition) is 2. The minimum absolute atomic E-state index is 0.0201. The zero-order valence-electron chi connectivity index (χ0n) is 19.3. The molecule has 2 aromatic carbocycles. The molecule has 2 aromatic heterocycles. The molecule has 2 aliphatic rings. The molecule has 10 heteroatoms. The molecule has 1 saturated carbocycles. The number of nitrogens with zero attached hydrogens (tertiary/aromatic N) is 3. The van der Waals surface area contributed by atoms with Gasteiger partial charge < -0.3 is 19.9 Å². The van der Waals surface area contributed by atoms with Crippen molar-refractivity contribution in [3.05, 3.63) is 63.5 Å². The Kier molecular flexibility index (Phi) is 5.94. The summed E-state index contributed by atoms with van der Waals surface area (Å²) in [5.74, 6) is -2.28. The lowest BCUT2D eigenvalue weighted by molar-refractivity contribution is 0.0696. The van der Waals surface area contributed by atoms with Gasteiger partial charge in [0.1, 0.15) is 11.3 Å². The third-order valence-electron chi connectivity index (χ3n) is 7.02. The fraction of sp³-hybridized carbons (Fsp3) is 0.346. The fourth-order valence-electron chi connectivity index (χ4n) is 5.06. The summed E-state index contributed by atoms with van der Waals surface area (Å²) in [6.07, 6.45) is 4.23. The quantitative estimate of drug-likeness (QED) is 0.363. The highest BCUT2D eigenvalue weighted by atomic mass is 35.5. The Balaban J connectivity index is 1.34. The van der Waals surface area contributed by atoms with E-state index in [9.17, 15) is 14.7 Å². The van der Waals surface area contributed by atoms with Gasteiger partial charge in [0.25, 0.3) is 5.91 Å². The SMILES string of the molecule is O=C(O)c1cc(F)c2c(c1)nc(C(=O)NC1CCN(C3CC3)CC1)n2Cc1cc2ccc(Cl)cc2s1. The number of nitrogens with one attached hydrogen (secondary N) is 1. The summed E-state index contributed by atoms with van der Waals surface area (Å²) in [5.41, 5.74) is 0.0509. The normalized spacial score (nSPS) is 17.2. The third kappa shape index (κ3) is 4.47. The van der Waals surface area contributed by atoms with Crippen LogP contribution in [0.2, 0.25) is 5.02 Å². The van der Waals surface area contributed by atoms with E-state index in [1.807, 2.05) is 24.3 Å². The number of hydrogen-bond acceptors (Lipinski definition) is 5. The average Bonchev–Trinajstić information content (AvgIpc) is 3.52. The molecule has 1 saturated heterocycles. The van der Waals surface area contributed by atoms with E-state index in [0.29, 0.717) is 11.1 Å². The molecule has 1 aliphatic carbocycles. The van der Waals surface area contributed by atoms with Crippen LogP contribution in [0.5, 0.6) is 0 Å². The average molecular weight is 527 g/mol. The summed E-state index contributed by atoms with van der Waals surface area (Å²) in [6, 6.07) is 10.6. The van der Waals surface area contributed by atoms with Crippen molar-refractivity contribution in [1.82, 2.24) is 19.8 Å². The predicted octanol–water partition coefficient (Wildman–Crippen LogP) is 5.15. The number of amides is 1. The molecule has 186 valence electrons. The maximum absolute atomic E-state index is 15.2. The number of rotatable bonds is 6. The molecule has 0 atom stereocenters. The van der Waals surface area contributed by atoms with E-state index in [4.69, 9.17) is 11.6 Å². The van der Waals surface area contributed by atoms with Crippen molar-refractivity contribution in [2.75, 3.05) is 13.1 Å². The van der Waals surface area contributed by atoms with Gasteiger partial charge in [-0.25, -0.2) is 14.2 Å². The lowest BCUT2D eigenvalue weighted by atomic mass is 10.0. The molecule has 0 unspecified atom stereocenters. The Morgan fingerprint density at radius 2 is 1.92 bits per heavy atom. The number of aromatic carboxylic acids is 1. The topological polar surface area (TPSA) is 87.5 Å². The zero-order chi connectivity index (χ0) is 25.0. The first-order valence-corrected chi connectivity index (χ1v) is 13.2. The fourth-order valence-corrected chi connectivity index (χ4v) is 6.39. The van der Waals surface area contributed by atoms with Crippen LogP contribution in [0.1, 0.15) is 51.5 Å². The molecule has 0 radical (unpaired) electrons. The number of thiophene rings is 1. The van der Waals surface area contributed by atoms with Crippen LogP contribution in [-0.2, 0) is 6.54 Å². The van der Waals surface area contributed by atoms with Gasteiger partial charge in [-0.1, -0.05) is 17.7 Å². The summed E-state index contributed by atoms with van der Waals surface area (Å²) in [7, 11) is 0. The number of halogens is 2. The number of aromatic nitrogens is 2. The standard InChI is InChI=1S/C26H24ClFN4O3S/c27-16-2-1-14-9-19(36-22(14)12-16)13-32-23-20(28)10-15(26(34)35)11-21(23)30-24(32)25(33)29-17-5-7-31(8-6-17)18-3-4-18/h1-2,9-12,17-18H,3-8,13H2,(H,29,33)(H,34,35). The van der Waals surface area contributed by atoms with E-state index in [-0.39, 0.29) is 40.9 Å². The van der Waals surface area contributed by atoms with E-state index in [0.717, 1.165) is 47.0 Å². The largest absolute Gasteiger partial charge is 0.478 e. The molecule has 1 amide bonds. The molecule has 2 N–H and O–H groups in total. The molecule has 0 spiro atoms. The number of fused-ring (bicyclic) bond motifs is 2. The van der Waals surface area contributed by atoms with Crippen LogP contribution in [0, 0.1) is 5.82 Å². The summed E-state index contributed by atoms with van der Waals surface area (Å²) in [6.45, 7) is 2.12. The molecule has 3 heterocycles. The van der Waals surface area contributed by atoms with Gasteiger partial charge in [0.15, 0.2) is 5.82 Å². The molecule has 2 fully saturated rings. The second-order valence-corrected chi connectivity index (χ2v) is 11.2. The summed E-state index contributed by atoms with van der Waals surface area (Å²) in [4.78, 5) is 32.7. The Hall–Kier alpha value is -3.01. The minimum atomic E-state index is -1.25. The molecule has 36 heavy (non-hydrogen) atoms.